The lowest BCUT2D eigenvalue weighted by molar-refractivity contribution is 0.185. The summed E-state index contributed by atoms with van der Waals surface area (Å²) in [5, 5.41) is 0.579. The Morgan fingerprint density at radius 1 is 1.24 bits per heavy atom. The molecule has 0 unspecified atom stereocenters. The summed E-state index contributed by atoms with van der Waals surface area (Å²) < 4.78 is 43.8. The first-order valence-electron chi connectivity index (χ1n) is 4.60. The van der Waals surface area contributed by atoms with E-state index in [-0.39, 0.29) is 5.39 Å². The molecule has 0 aromatic heterocycles. The third-order valence-corrected chi connectivity index (χ3v) is 2.89. The van der Waals surface area contributed by atoms with Crippen LogP contribution in [0.25, 0.3) is 10.8 Å². The molecule has 0 heterocycles. The molecule has 0 amide bonds. The molecule has 0 atom stereocenters. The molecule has 2 aromatic rings. The van der Waals surface area contributed by atoms with Crippen molar-refractivity contribution < 1.29 is 17.9 Å². The summed E-state index contributed by atoms with van der Waals surface area (Å²) in [6, 6.07) is 3.94. The summed E-state index contributed by atoms with van der Waals surface area (Å²) in [4.78, 5) is 0. The zero-order valence-electron chi connectivity index (χ0n) is 8.44. The van der Waals surface area contributed by atoms with E-state index in [1.54, 1.807) is 0 Å². The van der Waals surface area contributed by atoms with Crippen LogP contribution >= 0.6 is 15.9 Å². The van der Waals surface area contributed by atoms with Crippen LogP contribution in [0.5, 0.6) is 5.75 Å². The van der Waals surface area contributed by atoms with Gasteiger partial charge in [0.1, 0.15) is 0 Å². The molecule has 2 rings (SSSR count). The SMILES string of the molecule is Nc1cc(Br)c2c(OCF)c(F)c(F)cc2c1. The first kappa shape index (κ1) is 12.0. The van der Waals surface area contributed by atoms with Gasteiger partial charge in [-0.05, 0) is 39.5 Å². The van der Waals surface area contributed by atoms with E-state index in [0.717, 1.165) is 6.07 Å². The fraction of sp³-hybridized carbons (Fsp3) is 0.0909. The van der Waals surface area contributed by atoms with Gasteiger partial charge in [-0.15, -0.1) is 0 Å². The third kappa shape index (κ3) is 2.04. The molecule has 6 heteroatoms. The number of benzene rings is 2. The number of alkyl halides is 1. The van der Waals surface area contributed by atoms with Gasteiger partial charge in [-0.1, -0.05) is 0 Å². The predicted octanol–water partition coefficient (Wildman–Crippen LogP) is 3.77. The molecule has 0 aliphatic heterocycles. The Kier molecular flexibility index (Phi) is 3.15. The Morgan fingerprint density at radius 2 is 1.94 bits per heavy atom. The topological polar surface area (TPSA) is 35.2 Å². The number of halogens is 4. The molecule has 0 saturated carbocycles. The van der Waals surface area contributed by atoms with Crippen LogP contribution in [-0.4, -0.2) is 6.86 Å². The first-order chi connectivity index (χ1) is 8.04. The molecule has 17 heavy (non-hydrogen) atoms. The Balaban J connectivity index is 2.87. The number of anilines is 1. The van der Waals surface area contributed by atoms with E-state index >= 15 is 0 Å². The van der Waals surface area contributed by atoms with Crippen LogP contribution in [0.3, 0.4) is 0 Å². The highest BCUT2D eigenvalue weighted by atomic mass is 79.9. The van der Waals surface area contributed by atoms with Gasteiger partial charge in [0.15, 0.2) is 11.6 Å². The minimum Gasteiger partial charge on any atom is -0.459 e. The molecule has 0 aliphatic carbocycles. The van der Waals surface area contributed by atoms with Gasteiger partial charge in [0.05, 0.1) is 0 Å². The fourth-order valence-corrected chi connectivity index (χ4v) is 2.28. The van der Waals surface area contributed by atoms with Crippen molar-refractivity contribution in [3.8, 4) is 5.75 Å². The fourth-order valence-electron chi connectivity index (χ4n) is 1.61. The van der Waals surface area contributed by atoms with E-state index in [1.165, 1.54) is 12.1 Å². The number of fused-ring (bicyclic) bond motifs is 1. The van der Waals surface area contributed by atoms with E-state index in [1.807, 2.05) is 0 Å². The van der Waals surface area contributed by atoms with Crippen molar-refractivity contribution in [1.29, 1.82) is 0 Å². The normalized spacial score (nSPS) is 10.8. The maximum atomic E-state index is 13.5. The predicted molar refractivity (Wildman–Crippen MR) is 62.6 cm³/mol. The van der Waals surface area contributed by atoms with Crippen LogP contribution in [0.15, 0.2) is 22.7 Å². The Morgan fingerprint density at radius 3 is 2.59 bits per heavy atom. The van der Waals surface area contributed by atoms with E-state index in [4.69, 9.17) is 5.73 Å². The quantitative estimate of drug-likeness (QED) is 0.857. The number of nitrogens with two attached hydrogens (primary N) is 1. The summed E-state index contributed by atoms with van der Waals surface area (Å²) in [5.74, 6) is -2.80. The van der Waals surface area contributed by atoms with Crippen LogP contribution in [0, 0.1) is 11.6 Å². The molecule has 2 aromatic carbocycles. The van der Waals surface area contributed by atoms with Crippen LogP contribution in [0.2, 0.25) is 0 Å². The van der Waals surface area contributed by atoms with Gasteiger partial charge in [-0.2, -0.15) is 4.39 Å². The van der Waals surface area contributed by atoms with Crippen LogP contribution in [0.4, 0.5) is 18.9 Å². The lowest BCUT2D eigenvalue weighted by Crippen LogP contribution is -1.98. The number of nitrogen functional groups attached to an aromatic ring is 1. The van der Waals surface area contributed by atoms with E-state index in [0.29, 0.717) is 15.5 Å². The lowest BCUT2D eigenvalue weighted by atomic mass is 10.1. The highest BCUT2D eigenvalue weighted by Crippen LogP contribution is 2.37. The van der Waals surface area contributed by atoms with Gasteiger partial charge in [0.2, 0.25) is 12.7 Å². The molecule has 2 nitrogen and oxygen atoms in total. The number of hydrogen-bond acceptors (Lipinski definition) is 2. The zero-order chi connectivity index (χ0) is 12.6. The van der Waals surface area contributed by atoms with Gasteiger partial charge in [0.25, 0.3) is 0 Å². The largest absolute Gasteiger partial charge is 0.459 e. The summed E-state index contributed by atoms with van der Waals surface area (Å²) in [5.41, 5.74) is 5.95. The van der Waals surface area contributed by atoms with Gasteiger partial charge >= 0.3 is 0 Å². The summed E-state index contributed by atoms with van der Waals surface area (Å²) in [6.07, 6.45) is 0. The standard InChI is InChI=1S/C11H7BrF3NO/c12-7-3-6(16)1-5-2-8(14)10(15)11(9(5)7)17-4-13/h1-3H,4,16H2. The number of ether oxygens (including phenoxy) is 1. The third-order valence-electron chi connectivity index (χ3n) is 2.26. The maximum Gasteiger partial charge on any atom is 0.228 e. The molecule has 0 spiro atoms. The smallest absolute Gasteiger partial charge is 0.228 e. The summed E-state index contributed by atoms with van der Waals surface area (Å²) >= 11 is 3.16. The molecule has 0 saturated heterocycles. The molecule has 0 radical (unpaired) electrons. The first-order valence-corrected chi connectivity index (χ1v) is 5.39. The highest BCUT2D eigenvalue weighted by Gasteiger charge is 2.17. The minimum absolute atomic E-state index is 0.246. The molecular weight excluding hydrogens is 299 g/mol. The Bertz CT molecular complexity index is 589. The van der Waals surface area contributed by atoms with Crippen molar-refractivity contribution in [3.63, 3.8) is 0 Å². The van der Waals surface area contributed by atoms with E-state index < -0.39 is 24.2 Å². The van der Waals surface area contributed by atoms with Crippen molar-refractivity contribution in [2.45, 2.75) is 0 Å². The lowest BCUT2D eigenvalue weighted by Gasteiger charge is -2.10. The highest BCUT2D eigenvalue weighted by molar-refractivity contribution is 9.10. The number of hydrogen-bond donors (Lipinski definition) is 1. The van der Waals surface area contributed by atoms with Crippen LogP contribution in [-0.2, 0) is 0 Å². The van der Waals surface area contributed by atoms with Crippen molar-refractivity contribution in [1.82, 2.24) is 0 Å². The van der Waals surface area contributed by atoms with Gasteiger partial charge < -0.3 is 10.5 Å². The van der Waals surface area contributed by atoms with E-state index in [9.17, 15) is 13.2 Å². The molecule has 90 valence electrons. The molecule has 0 fully saturated rings. The van der Waals surface area contributed by atoms with Crippen LogP contribution in [0.1, 0.15) is 0 Å². The second-order valence-electron chi connectivity index (χ2n) is 3.36. The maximum absolute atomic E-state index is 13.5. The minimum atomic E-state index is -1.24. The van der Waals surface area contributed by atoms with Crippen molar-refractivity contribution in [3.05, 3.63) is 34.3 Å². The molecule has 2 N–H and O–H groups in total. The summed E-state index contributed by atoms with van der Waals surface area (Å²) in [7, 11) is 0. The number of rotatable bonds is 2. The molecular formula is C11H7BrF3NO. The molecule has 0 aliphatic rings. The van der Waals surface area contributed by atoms with Gasteiger partial charge in [-0.3, -0.25) is 0 Å². The van der Waals surface area contributed by atoms with Crippen molar-refractivity contribution >= 4 is 32.4 Å². The Labute approximate surface area is 103 Å². The average Bonchev–Trinajstić information content (AvgIpc) is 2.24. The van der Waals surface area contributed by atoms with Gasteiger partial charge in [0, 0.05) is 15.5 Å². The van der Waals surface area contributed by atoms with E-state index in [2.05, 4.69) is 20.7 Å². The monoisotopic (exact) mass is 305 g/mol. The van der Waals surface area contributed by atoms with Gasteiger partial charge in [-0.25, -0.2) is 8.78 Å². The Hall–Kier alpha value is -1.43. The second kappa shape index (κ2) is 4.44. The molecule has 0 bridgehead atoms. The zero-order valence-corrected chi connectivity index (χ0v) is 10.0. The van der Waals surface area contributed by atoms with Crippen LogP contribution < -0.4 is 10.5 Å². The van der Waals surface area contributed by atoms with Crippen molar-refractivity contribution in [2.24, 2.45) is 0 Å². The second-order valence-corrected chi connectivity index (χ2v) is 4.21. The summed E-state index contributed by atoms with van der Waals surface area (Å²) in [6.45, 7) is -1.24. The van der Waals surface area contributed by atoms with Crippen molar-refractivity contribution in [2.75, 3.05) is 12.6 Å². The average molecular weight is 306 g/mol.